The standard InChI is InChI=1S/C32H48O12/c1-11-16(4)27(35)41-23-20(30(8)15-39-30)14-21(40-19(7)33)31(9,38)24(42-28(36)17(5)12-2)22(34)25-32(10,44-25)26(23)43-29(37)18(6)13-3/h12-13,16,20-26,34,38H,11,14-15H2,1-10H3. The highest BCUT2D eigenvalue weighted by molar-refractivity contribution is 5.88. The highest BCUT2D eigenvalue weighted by Gasteiger charge is 2.71. The molecule has 0 aromatic heterocycles. The molecule has 1 aliphatic carbocycles. The molecular weight excluding hydrogens is 576 g/mol. The van der Waals surface area contributed by atoms with Crippen LogP contribution in [0.2, 0.25) is 0 Å². The van der Waals surface area contributed by atoms with E-state index in [4.69, 9.17) is 28.4 Å². The normalized spacial score (nSPS) is 39.7. The van der Waals surface area contributed by atoms with Crippen LogP contribution in [0.4, 0.5) is 0 Å². The summed E-state index contributed by atoms with van der Waals surface area (Å²) in [7, 11) is 0. The van der Waals surface area contributed by atoms with E-state index in [2.05, 4.69) is 0 Å². The molecule has 0 bridgehead atoms. The highest BCUT2D eigenvalue weighted by atomic mass is 16.7. The zero-order valence-corrected chi connectivity index (χ0v) is 27.4. The van der Waals surface area contributed by atoms with Crippen LogP contribution in [0.5, 0.6) is 0 Å². The third kappa shape index (κ3) is 7.19. The third-order valence-corrected chi connectivity index (χ3v) is 9.40. The first-order chi connectivity index (χ1) is 20.4. The fourth-order valence-corrected chi connectivity index (χ4v) is 5.58. The van der Waals surface area contributed by atoms with Crippen LogP contribution in [-0.4, -0.2) is 94.1 Å². The zero-order chi connectivity index (χ0) is 33.4. The Hall–Kier alpha value is -2.80. The number of hydrogen-bond acceptors (Lipinski definition) is 12. The van der Waals surface area contributed by atoms with Crippen LogP contribution in [0.1, 0.15) is 82.1 Å². The molecule has 0 aromatic rings. The van der Waals surface area contributed by atoms with Gasteiger partial charge in [-0.1, -0.05) is 26.0 Å². The minimum atomic E-state index is -2.17. The van der Waals surface area contributed by atoms with Crippen LogP contribution in [-0.2, 0) is 47.6 Å². The van der Waals surface area contributed by atoms with Crippen LogP contribution in [0, 0.1) is 11.8 Å². The minimum Gasteiger partial charge on any atom is -0.459 e. The van der Waals surface area contributed by atoms with Gasteiger partial charge in [0.25, 0.3) is 0 Å². The molecule has 11 unspecified atom stereocenters. The number of carbonyl (C=O) groups excluding carboxylic acids is 4. The predicted octanol–water partition coefficient (Wildman–Crippen LogP) is 2.71. The van der Waals surface area contributed by atoms with E-state index in [-0.39, 0.29) is 24.2 Å². The van der Waals surface area contributed by atoms with Gasteiger partial charge in [-0.05, 0) is 61.3 Å². The van der Waals surface area contributed by atoms with Gasteiger partial charge in [-0.15, -0.1) is 0 Å². The van der Waals surface area contributed by atoms with Gasteiger partial charge >= 0.3 is 23.9 Å². The van der Waals surface area contributed by atoms with Crippen LogP contribution in [0.25, 0.3) is 0 Å². The molecule has 0 radical (unpaired) electrons. The number of esters is 4. The Morgan fingerprint density at radius 3 is 1.91 bits per heavy atom. The zero-order valence-electron chi connectivity index (χ0n) is 27.4. The van der Waals surface area contributed by atoms with Crippen molar-refractivity contribution < 1.29 is 57.8 Å². The molecule has 2 aliphatic heterocycles. The van der Waals surface area contributed by atoms with Crippen LogP contribution in [0.3, 0.4) is 0 Å². The molecule has 12 nitrogen and oxygen atoms in total. The van der Waals surface area contributed by atoms with Crippen molar-refractivity contribution in [2.24, 2.45) is 11.8 Å². The van der Waals surface area contributed by atoms with E-state index >= 15 is 0 Å². The predicted molar refractivity (Wildman–Crippen MR) is 156 cm³/mol. The van der Waals surface area contributed by atoms with Crippen molar-refractivity contribution in [2.45, 2.75) is 136 Å². The number of rotatable bonds is 9. The van der Waals surface area contributed by atoms with Gasteiger partial charge < -0.3 is 38.6 Å². The average Bonchev–Trinajstić information content (AvgIpc) is 3.89. The summed E-state index contributed by atoms with van der Waals surface area (Å²) in [5.41, 5.74) is -4.05. The first kappa shape index (κ1) is 35.7. The molecule has 3 fully saturated rings. The number of ether oxygens (including phenoxy) is 6. The Balaban J connectivity index is 2.26. The van der Waals surface area contributed by atoms with E-state index in [9.17, 15) is 29.4 Å². The summed E-state index contributed by atoms with van der Waals surface area (Å²) in [6.07, 6.45) is -4.99. The molecule has 3 rings (SSSR count). The van der Waals surface area contributed by atoms with Crippen LogP contribution < -0.4 is 0 Å². The van der Waals surface area contributed by atoms with Crippen molar-refractivity contribution in [1.29, 1.82) is 0 Å². The monoisotopic (exact) mass is 624 g/mol. The van der Waals surface area contributed by atoms with Gasteiger partial charge in [0.1, 0.15) is 35.6 Å². The SMILES string of the molecule is CC=C(C)C(=O)OC1C(O)C2OC2(C)C(OC(=O)C(C)=CC)C(OC(=O)C(C)CC)C(C2(C)CO2)CC(OC(C)=O)C1(C)O. The lowest BCUT2D eigenvalue weighted by molar-refractivity contribution is -0.216. The number of aliphatic hydroxyl groups excluding tert-OH is 1. The smallest absolute Gasteiger partial charge is 0.333 e. The third-order valence-electron chi connectivity index (χ3n) is 9.40. The highest BCUT2D eigenvalue weighted by Crippen LogP contribution is 2.53. The van der Waals surface area contributed by atoms with E-state index in [1.165, 1.54) is 19.9 Å². The molecule has 2 saturated heterocycles. The van der Waals surface area contributed by atoms with E-state index < -0.39 is 89.1 Å². The summed E-state index contributed by atoms with van der Waals surface area (Å²) >= 11 is 0. The van der Waals surface area contributed by atoms with Crippen molar-refractivity contribution in [1.82, 2.24) is 0 Å². The number of aliphatic hydroxyl groups is 2. The van der Waals surface area contributed by atoms with Gasteiger partial charge in [0.2, 0.25) is 0 Å². The molecule has 2 N–H and O–H groups in total. The summed E-state index contributed by atoms with van der Waals surface area (Å²) in [5, 5.41) is 23.7. The molecular formula is C32H48O12. The maximum Gasteiger partial charge on any atom is 0.333 e. The Morgan fingerprint density at radius 1 is 0.932 bits per heavy atom. The molecule has 0 aromatic carbocycles. The molecule has 2 heterocycles. The Morgan fingerprint density at radius 2 is 1.45 bits per heavy atom. The maximum atomic E-state index is 13.3. The van der Waals surface area contributed by atoms with E-state index in [1.807, 2.05) is 6.92 Å². The lowest BCUT2D eigenvalue weighted by Crippen LogP contribution is -2.63. The fourth-order valence-electron chi connectivity index (χ4n) is 5.58. The molecule has 44 heavy (non-hydrogen) atoms. The first-order valence-electron chi connectivity index (χ1n) is 15.2. The number of carbonyl (C=O) groups is 4. The summed E-state index contributed by atoms with van der Waals surface area (Å²) < 4.78 is 35.4. The lowest BCUT2D eigenvalue weighted by Gasteiger charge is -2.45. The Labute approximate surface area is 259 Å². The quantitative estimate of drug-likeness (QED) is 0.167. The molecule has 12 heteroatoms. The van der Waals surface area contributed by atoms with E-state index in [0.29, 0.717) is 6.42 Å². The van der Waals surface area contributed by atoms with Gasteiger partial charge in [0, 0.05) is 24.0 Å². The number of fused-ring (bicyclic) bond motifs is 1. The molecule has 1 saturated carbocycles. The molecule has 0 amide bonds. The lowest BCUT2D eigenvalue weighted by atomic mass is 9.72. The second kappa shape index (κ2) is 13.3. The van der Waals surface area contributed by atoms with Crippen molar-refractivity contribution in [3.8, 4) is 0 Å². The Kier molecular flexibility index (Phi) is 10.8. The largest absolute Gasteiger partial charge is 0.459 e. The number of epoxide rings is 2. The van der Waals surface area contributed by atoms with Gasteiger partial charge in [-0.25, -0.2) is 9.59 Å². The van der Waals surface area contributed by atoms with Gasteiger partial charge in [-0.3, -0.25) is 9.59 Å². The molecule has 0 spiro atoms. The fraction of sp³-hybridized carbons (Fsp3) is 0.750. The first-order valence-corrected chi connectivity index (χ1v) is 15.2. The van der Waals surface area contributed by atoms with E-state index in [1.54, 1.807) is 47.6 Å². The van der Waals surface area contributed by atoms with Crippen molar-refractivity contribution >= 4 is 23.9 Å². The van der Waals surface area contributed by atoms with E-state index in [0.717, 1.165) is 6.92 Å². The maximum absolute atomic E-state index is 13.3. The molecule has 3 aliphatic rings. The molecule has 11 atom stereocenters. The van der Waals surface area contributed by atoms with Crippen LogP contribution in [0.15, 0.2) is 23.3 Å². The second-order valence-electron chi connectivity index (χ2n) is 12.8. The van der Waals surface area contributed by atoms with Gasteiger partial charge in [-0.2, -0.15) is 0 Å². The van der Waals surface area contributed by atoms with Crippen molar-refractivity contribution in [2.75, 3.05) is 6.61 Å². The summed E-state index contributed by atoms with van der Waals surface area (Å²) in [5.74, 6) is -4.13. The van der Waals surface area contributed by atoms with Crippen molar-refractivity contribution in [3.05, 3.63) is 23.3 Å². The molecule has 248 valence electrons. The van der Waals surface area contributed by atoms with Gasteiger partial charge in [0.15, 0.2) is 12.2 Å². The van der Waals surface area contributed by atoms with Crippen LogP contribution >= 0.6 is 0 Å². The number of allylic oxidation sites excluding steroid dienone is 2. The topological polar surface area (TPSA) is 171 Å². The van der Waals surface area contributed by atoms with Crippen molar-refractivity contribution in [3.63, 3.8) is 0 Å². The average molecular weight is 625 g/mol. The number of hydrogen-bond donors (Lipinski definition) is 2. The summed E-state index contributed by atoms with van der Waals surface area (Å²) in [4.78, 5) is 51.9. The summed E-state index contributed by atoms with van der Waals surface area (Å²) in [6, 6.07) is 0. The summed E-state index contributed by atoms with van der Waals surface area (Å²) in [6.45, 7) is 16.0. The Bertz CT molecular complexity index is 1180. The van der Waals surface area contributed by atoms with Gasteiger partial charge in [0.05, 0.1) is 18.1 Å². The second-order valence-corrected chi connectivity index (χ2v) is 12.8. The minimum absolute atomic E-state index is 0.178.